The van der Waals surface area contributed by atoms with Crippen molar-refractivity contribution >= 4 is 16.9 Å². The zero-order chi connectivity index (χ0) is 10.8. The molecule has 0 aliphatic heterocycles. The fourth-order valence-electron chi connectivity index (χ4n) is 1.46. The summed E-state index contributed by atoms with van der Waals surface area (Å²) in [6.07, 6.45) is 1.43. The second kappa shape index (κ2) is 3.65. The number of aromatic carboxylic acids is 1. The lowest BCUT2D eigenvalue weighted by molar-refractivity contribution is 0.0699. The van der Waals surface area contributed by atoms with E-state index >= 15 is 0 Å². The van der Waals surface area contributed by atoms with E-state index in [0.29, 0.717) is 16.5 Å². The molecule has 3 nitrogen and oxygen atoms in total. The molecule has 0 saturated carbocycles. The molecular formula is C11H8FNO2. The molecule has 0 aliphatic rings. The van der Waals surface area contributed by atoms with Gasteiger partial charge in [-0.2, -0.15) is 0 Å². The second-order valence-corrected chi connectivity index (χ2v) is 3.15. The lowest BCUT2D eigenvalue weighted by atomic mass is 10.1. The number of aromatic nitrogens is 1. The molecule has 0 unspecified atom stereocenters. The van der Waals surface area contributed by atoms with E-state index in [4.69, 9.17) is 5.11 Å². The zero-order valence-corrected chi connectivity index (χ0v) is 7.77. The molecule has 15 heavy (non-hydrogen) atoms. The van der Waals surface area contributed by atoms with Crippen LogP contribution in [0.3, 0.4) is 0 Å². The maximum atomic E-state index is 12.4. The Balaban J connectivity index is 2.76. The van der Waals surface area contributed by atoms with Crippen LogP contribution in [0.25, 0.3) is 10.9 Å². The summed E-state index contributed by atoms with van der Waals surface area (Å²) >= 11 is 0. The van der Waals surface area contributed by atoms with Crippen LogP contribution < -0.4 is 0 Å². The number of hydrogen-bond donors (Lipinski definition) is 1. The minimum Gasteiger partial charge on any atom is -0.478 e. The Morgan fingerprint density at radius 2 is 2.20 bits per heavy atom. The standard InChI is InChI=1S/C11H8FNO2/c12-6-7-1-2-10-9(5-7)8(11(14)15)3-4-13-10/h1-5H,6H2,(H,14,15). The van der Waals surface area contributed by atoms with Gasteiger partial charge in [0.1, 0.15) is 6.67 Å². The van der Waals surface area contributed by atoms with Crippen LogP contribution in [0.15, 0.2) is 30.5 Å². The van der Waals surface area contributed by atoms with Crippen LogP contribution in [0.4, 0.5) is 4.39 Å². The molecule has 4 heteroatoms. The molecule has 0 aliphatic carbocycles. The predicted octanol–water partition coefficient (Wildman–Crippen LogP) is 2.40. The number of carboxylic acid groups (broad SMARTS) is 1. The molecule has 1 aromatic carbocycles. The lowest BCUT2D eigenvalue weighted by Gasteiger charge is -2.02. The summed E-state index contributed by atoms with van der Waals surface area (Å²) < 4.78 is 12.4. The van der Waals surface area contributed by atoms with Gasteiger partial charge >= 0.3 is 5.97 Å². The molecule has 0 spiro atoms. The number of carbonyl (C=O) groups is 1. The van der Waals surface area contributed by atoms with Crippen molar-refractivity contribution in [1.29, 1.82) is 0 Å². The summed E-state index contributed by atoms with van der Waals surface area (Å²) in [5.74, 6) is -1.03. The van der Waals surface area contributed by atoms with Crippen molar-refractivity contribution in [1.82, 2.24) is 4.98 Å². The Hall–Kier alpha value is -1.97. The molecule has 0 amide bonds. The molecular weight excluding hydrogens is 197 g/mol. The van der Waals surface area contributed by atoms with E-state index in [-0.39, 0.29) is 5.56 Å². The first-order valence-corrected chi connectivity index (χ1v) is 4.39. The third-order valence-corrected chi connectivity index (χ3v) is 2.19. The summed E-state index contributed by atoms with van der Waals surface area (Å²) in [4.78, 5) is 14.9. The number of rotatable bonds is 2. The van der Waals surface area contributed by atoms with Gasteiger partial charge in [0.05, 0.1) is 11.1 Å². The molecule has 2 rings (SSSR count). The summed E-state index contributed by atoms with van der Waals surface area (Å²) in [5.41, 5.74) is 1.17. The number of fused-ring (bicyclic) bond motifs is 1. The van der Waals surface area contributed by atoms with Crippen LogP contribution in [0, 0.1) is 0 Å². The Labute approximate surface area is 85.2 Å². The van der Waals surface area contributed by atoms with Gasteiger partial charge < -0.3 is 5.11 Å². The van der Waals surface area contributed by atoms with Gasteiger partial charge in [-0.3, -0.25) is 4.98 Å². The smallest absolute Gasteiger partial charge is 0.336 e. The Morgan fingerprint density at radius 1 is 1.40 bits per heavy atom. The SMILES string of the molecule is O=C(O)c1ccnc2ccc(CF)cc12. The maximum Gasteiger partial charge on any atom is 0.336 e. The number of alkyl halides is 1. The van der Waals surface area contributed by atoms with Crippen molar-refractivity contribution < 1.29 is 14.3 Å². The van der Waals surface area contributed by atoms with Gasteiger partial charge in [-0.1, -0.05) is 6.07 Å². The quantitative estimate of drug-likeness (QED) is 0.818. The first kappa shape index (κ1) is 9.58. The molecule has 1 N–H and O–H groups in total. The van der Waals surface area contributed by atoms with Crippen LogP contribution in [0.5, 0.6) is 0 Å². The van der Waals surface area contributed by atoms with Crippen molar-refractivity contribution in [2.75, 3.05) is 0 Å². The normalized spacial score (nSPS) is 10.5. The van der Waals surface area contributed by atoms with Gasteiger partial charge in [-0.15, -0.1) is 0 Å². The topological polar surface area (TPSA) is 50.2 Å². The highest BCUT2D eigenvalue weighted by molar-refractivity contribution is 6.02. The van der Waals surface area contributed by atoms with Crippen molar-refractivity contribution in [2.24, 2.45) is 0 Å². The van der Waals surface area contributed by atoms with E-state index in [9.17, 15) is 9.18 Å². The van der Waals surface area contributed by atoms with Crippen LogP contribution in [-0.2, 0) is 6.67 Å². The first-order chi connectivity index (χ1) is 7.22. The molecule has 76 valence electrons. The molecule has 1 aromatic heterocycles. The third-order valence-electron chi connectivity index (χ3n) is 2.19. The summed E-state index contributed by atoms with van der Waals surface area (Å²) in [6, 6.07) is 6.15. The van der Waals surface area contributed by atoms with Gasteiger partial charge in [0.2, 0.25) is 0 Å². The third kappa shape index (κ3) is 1.66. The Bertz CT molecular complexity index is 525. The lowest BCUT2D eigenvalue weighted by Crippen LogP contribution is -1.98. The summed E-state index contributed by atoms with van der Waals surface area (Å²) in [7, 11) is 0. The van der Waals surface area contributed by atoms with Crippen molar-refractivity contribution in [3.05, 3.63) is 41.6 Å². The van der Waals surface area contributed by atoms with E-state index in [2.05, 4.69) is 4.98 Å². The second-order valence-electron chi connectivity index (χ2n) is 3.15. The number of hydrogen-bond acceptors (Lipinski definition) is 2. The average Bonchev–Trinajstić information content (AvgIpc) is 2.27. The van der Waals surface area contributed by atoms with Crippen molar-refractivity contribution in [3.63, 3.8) is 0 Å². The van der Waals surface area contributed by atoms with Crippen LogP contribution in [0.1, 0.15) is 15.9 Å². The number of halogens is 1. The molecule has 0 saturated heterocycles. The molecule has 0 bridgehead atoms. The van der Waals surface area contributed by atoms with Gasteiger partial charge in [0.15, 0.2) is 0 Å². The summed E-state index contributed by atoms with van der Waals surface area (Å²) in [5, 5.41) is 9.40. The van der Waals surface area contributed by atoms with Gasteiger partial charge in [0, 0.05) is 11.6 Å². The molecule has 0 atom stereocenters. The molecule has 0 fully saturated rings. The number of benzene rings is 1. The van der Waals surface area contributed by atoms with E-state index < -0.39 is 12.6 Å². The van der Waals surface area contributed by atoms with Crippen molar-refractivity contribution in [3.8, 4) is 0 Å². The predicted molar refractivity (Wildman–Crippen MR) is 53.5 cm³/mol. The zero-order valence-electron chi connectivity index (χ0n) is 7.77. The first-order valence-electron chi connectivity index (χ1n) is 4.39. The number of carboxylic acids is 1. The molecule has 1 heterocycles. The molecule has 2 aromatic rings. The fourth-order valence-corrected chi connectivity index (χ4v) is 1.46. The van der Waals surface area contributed by atoms with Crippen molar-refractivity contribution in [2.45, 2.75) is 6.67 Å². The fraction of sp³-hybridized carbons (Fsp3) is 0.0909. The highest BCUT2D eigenvalue weighted by atomic mass is 19.1. The Kier molecular flexibility index (Phi) is 2.33. The van der Waals surface area contributed by atoms with Crippen LogP contribution in [0.2, 0.25) is 0 Å². The van der Waals surface area contributed by atoms with E-state index in [0.717, 1.165) is 0 Å². The van der Waals surface area contributed by atoms with E-state index in [1.165, 1.54) is 18.3 Å². The minimum absolute atomic E-state index is 0.148. The summed E-state index contributed by atoms with van der Waals surface area (Å²) in [6.45, 7) is -0.607. The number of pyridine rings is 1. The highest BCUT2D eigenvalue weighted by Gasteiger charge is 2.08. The van der Waals surface area contributed by atoms with Gasteiger partial charge in [0.25, 0.3) is 0 Å². The van der Waals surface area contributed by atoms with Gasteiger partial charge in [-0.25, -0.2) is 9.18 Å². The van der Waals surface area contributed by atoms with Gasteiger partial charge in [-0.05, 0) is 23.8 Å². The van der Waals surface area contributed by atoms with Crippen LogP contribution >= 0.6 is 0 Å². The minimum atomic E-state index is -1.03. The van der Waals surface area contributed by atoms with E-state index in [1.807, 2.05) is 0 Å². The molecule has 0 radical (unpaired) electrons. The van der Waals surface area contributed by atoms with E-state index in [1.54, 1.807) is 12.1 Å². The maximum absolute atomic E-state index is 12.4. The Morgan fingerprint density at radius 3 is 2.87 bits per heavy atom. The van der Waals surface area contributed by atoms with Crippen LogP contribution in [-0.4, -0.2) is 16.1 Å². The number of nitrogens with zero attached hydrogens (tertiary/aromatic N) is 1. The largest absolute Gasteiger partial charge is 0.478 e. The monoisotopic (exact) mass is 205 g/mol. The average molecular weight is 205 g/mol. The highest BCUT2D eigenvalue weighted by Crippen LogP contribution is 2.18.